The first kappa shape index (κ1) is 11.3. The van der Waals surface area contributed by atoms with E-state index >= 15 is 0 Å². The summed E-state index contributed by atoms with van der Waals surface area (Å²) in [5.41, 5.74) is 4.31. The third-order valence-corrected chi connectivity index (χ3v) is 5.49. The molecule has 88 valence electrons. The normalized spacial score (nSPS) is 49.7. The highest BCUT2D eigenvalue weighted by molar-refractivity contribution is 7.91. The van der Waals surface area contributed by atoms with Crippen molar-refractivity contribution in [2.45, 2.75) is 43.8 Å². The van der Waals surface area contributed by atoms with Crippen molar-refractivity contribution in [1.29, 1.82) is 0 Å². The quantitative estimate of drug-likeness (QED) is 0.738. The first-order valence-corrected chi connectivity index (χ1v) is 7.23. The Morgan fingerprint density at radius 1 is 1.40 bits per heavy atom. The number of sulfone groups is 1. The van der Waals surface area contributed by atoms with E-state index < -0.39 is 21.0 Å². The van der Waals surface area contributed by atoms with Crippen LogP contribution in [-0.4, -0.2) is 31.1 Å². The predicted octanol–water partition coefficient (Wildman–Crippen LogP) is 1.03. The molecular weight excluding hydrogens is 217 g/mol. The minimum atomic E-state index is -2.93. The lowest BCUT2D eigenvalue weighted by Gasteiger charge is -2.52. The highest BCUT2D eigenvalue weighted by atomic mass is 32.2. The molecule has 0 bridgehead atoms. The van der Waals surface area contributed by atoms with Crippen molar-refractivity contribution in [3.8, 4) is 0 Å². The Morgan fingerprint density at radius 2 is 2.00 bits per heavy atom. The topological polar surface area (TPSA) is 60.2 Å². The SMILES string of the molecule is CC1(F)CC(N)(C2CCCS(=O)(=O)C2)C1. The number of halogens is 1. The summed E-state index contributed by atoms with van der Waals surface area (Å²) in [5.74, 6) is 0.381. The van der Waals surface area contributed by atoms with E-state index in [-0.39, 0.29) is 17.4 Å². The average molecular weight is 235 g/mol. The second-order valence-electron chi connectivity index (χ2n) is 5.45. The van der Waals surface area contributed by atoms with E-state index in [9.17, 15) is 12.8 Å². The Morgan fingerprint density at radius 3 is 2.47 bits per heavy atom. The van der Waals surface area contributed by atoms with Crippen LogP contribution in [0.4, 0.5) is 4.39 Å². The maximum atomic E-state index is 13.4. The summed E-state index contributed by atoms with van der Waals surface area (Å²) in [6, 6.07) is 0. The van der Waals surface area contributed by atoms with Crippen LogP contribution in [0.5, 0.6) is 0 Å². The third kappa shape index (κ3) is 2.18. The maximum Gasteiger partial charge on any atom is 0.150 e. The van der Waals surface area contributed by atoms with Crippen LogP contribution in [0.15, 0.2) is 0 Å². The molecule has 0 spiro atoms. The van der Waals surface area contributed by atoms with Gasteiger partial charge < -0.3 is 5.73 Å². The fraction of sp³-hybridized carbons (Fsp3) is 1.00. The fourth-order valence-electron chi connectivity index (χ4n) is 3.09. The van der Waals surface area contributed by atoms with Crippen molar-refractivity contribution in [3.63, 3.8) is 0 Å². The molecule has 1 saturated carbocycles. The molecule has 2 aliphatic rings. The van der Waals surface area contributed by atoms with Gasteiger partial charge in [-0.3, -0.25) is 0 Å². The van der Waals surface area contributed by atoms with E-state index in [2.05, 4.69) is 0 Å². The van der Waals surface area contributed by atoms with Crippen LogP contribution in [0.1, 0.15) is 32.6 Å². The van der Waals surface area contributed by atoms with Crippen LogP contribution in [0, 0.1) is 5.92 Å². The van der Waals surface area contributed by atoms with E-state index in [1.165, 1.54) is 6.92 Å². The highest BCUT2D eigenvalue weighted by Crippen LogP contribution is 2.48. The second kappa shape index (κ2) is 3.17. The molecule has 0 aromatic carbocycles. The smallest absolute Gasteiger partial charge is 0.150 e. The Balaban J connectivity index is 2.06. The maximum absolute atomic E-state index is 13.4. The van der Waals surface area contributed by atoms with Crippen LogP contribution >= 0.6 is 0 Å². The zero-order valence-corrected chi connectivity index (χ0v) is 9.82. The Hall–Kier alpha value is -0.160. The van der Waals surface area contributed by atoms with Gasteiger partial charge in [0.1, 0.15) is 5.67 Å². The van der Waals surface area contributed by atoms with Gasteiger partial charge in [0.25, 0.3) is 0 Å². The Labute approximate surface area is 90.1 Å². The molecule has 5 heteroatoms. The summed E-state index contributed by atoms with van der Waals surface area (Å²) in [7, 11) is -2.93. The molecule has 0 amide bonds. The van der Waals surface area contributed by atoms with Gasteiger partial charge in [-0.2, -0.15) is 0 Å². The Bertz CT molecular complexity index is 356. The first-order valence-electron chi connectivity index (χ1n) is 5.41. The van der Waals surface area contributed by atoms with E-state index in [0.29, 0.717) is 19.3 Å². The molecule has 1 saturated heterocycles. The third-order valence-electron chi connectivity index (χ3n) is 3.67. The molecule has 1 aliphatic carbocycles. The molecule has 0 aromatic heterocycles. The summed E-state index contributed by atoms with van der Waals surface area (Å²) >= 11 is 0. The molecule has 3 nitrogen and oxygen atoms in total. The predicted molar refractivity (Wildman–Crippen MR) is 57.0 cm³/mol. The van der Waals surface area contributed by atoms with Crippen molar-refractivity contribution in [2.24, 2.45) is 11.7 Å². The average Bonchev–Trinajstić information content (AvgIpc) is 1.98. The zero-order valence-electron chi connectivity index (χ0n) is 9.00. The van der Waals surface area contributed by atoms with Gasteiger partial charge >= 0.3 is 0 Å². The molecule has 2 N–H and O–H groups in total. The molecule has 15 heavy (non-hydrogen) atoms. The van der Waals surface area contributed by atoms with Gasteiger partial charge in [0.05, 0.1) is 11.5 Å². The lowest BCUT2D eigenvalue weighted by Crippen LogP contribution is -2.64. The van der Waals surface area contributed by atoms with Crippen molar-refractivity contribution in [1.82, 2.24) is 0 Å². The molecule has 0 aromatic rings. The zero-order chi connectivity index (χ0) is 11.3. The Kier molecular flexibility index (Phi) is 2.39. The fourth-order valence-corrected chi connectivity index (χ4v) is 4.97. The largest absolute Gasteiger partial charge is 0.325 e. The van der Waals surface area contributed by atoms with Crippen LogP contribution in [0.25, 0.3) is 0 Å². The van der Waals surface area contributed by atoms with Crippen molar-refractivity contribution in [3.05, 3.63) is 0 Å². The van der Waals surface area contributed by atoms with Gasteiger partial charge in [0.2, 0.25) is 0 Å². The van der Waals surface area contributed by atoms with Crippen LogP contribution in [-0.2, 0) is 9.84 Å². The van der Waals surface area contributed by atoms with Crippen molar-refractivity contribution >= 4 is 9.84 Å². The van der Waals surface area contributed by atoms with Gasteiger partial charge in [-0.25, -0.2) is 12.8 Å². The lowest BCUT2D eigenvalue weighted by molar-refractivity contribution is -0.0263. The monoisotopic (exact) mass is 235 g/mol. The lowest BCUT2D eigenvalue weighted by atomic mass is 9.61. The van der Waals surface area contributed by atoms with E-state index in [1.54, 1.807) is 0 Å². The number of rotatable bonds is 1. The van der Waals surface area contributed by atoms with Gasteiger partial charge in [0, 0.05) is 5.54 Å². The van der Waals surface area contributed by atoms with Crippen LogP contribution < -0.4 is 5.73 Å². The van der Waals surface area contributed by atoms with E-state index in [4.69, 9.17) is 5.73 Å². The van der Waals surface area contributed by atoms with Gasteiger partial charge in [-0.15, -0.1) is 0 Å². The molecule has 2 rings (SSSR count). The summed E-state index contributed by atoms with van der Waals surface area (Å²) in [6.07, 6.45) is 2.11. The number of alkyl halides is 1. The molecule has 1 unspecified atom stereocenters. The summed E-state index contributed by atoms with van der Waals surface area (Å²) in [4.78, 5) is 0. The summed E-state index contributed by atoms with van der Waals surface area (Å²) < 4.78 is 36.3. The van der Waals surface area contributed by atoms with Gasteiger partial charge in [-0.1, -0.05) is 0 Å². The number of hydrogen-bond acceptors (Lipinski definition) is 3. The molecule has 2 fully saturated rings. The van der Waals surface area contributed by atoms with E-state index in [0.717, 1.165) is 6.42 Å². The number of hydrogen-bond donors (Lipinski definition) is 1. The minimum absolute atomic E-state index is 0.0416. The van der Waals surface area contributed by atoms with E-state index in [1.807, 2.05) is 0 Å². The standard InChI is InChI=1S/C10H18FNO2S/c1-9(11)6-10(12,7-9)8-3-2-4-15(13,14)5-8/h8H,2-7,12H2,1H3. The van der Waals surface area contributed by atoms with Crippen molar-refractivity contribution < 1.29 is 12.8 Å². The molecule has 1 heterocycles. The summed E-state index contributed by atoms with van der Waals surface area (Å²) in [6.45, 7) is 1.54. The number of nitrogens with two attached hydrogens (primary N) is 1. The van der Waals surface area contributed by atoms with Crippen LogP contribution in [0.2, 0.25) is 0 Å². The highest BCUT2D eigenvalue weighted by Gasteiger charge is 2.55. The minimum Gasteiger partial charge on any atom is -0.325 e. The van der Waals surface area contributed by atoms with Gasteiger partial charge in [-0.05, 0) is 38.5 Å². The summed E-state index contributed by atoms with van der Waals surface area (Å²) in [5, 5.41) is 0. The molecule has 0 radical (unpaired) electrons. The first-order chi connectivity index (χ1) is 6.73. The molecule has 1 aliphatic heterocycles. The molecule has 1 atom stereocenters. The van der Waals surface area contributed by atoms with Crippen LogP contribution in [0.3, 0.4) is 0 Å². The molecular formula is C10H18FNO2S. The second-order valence-corrected chi connectivity index (χ2v) is 7.68. The van der Waals surface area contributed by atoms with Gasteiger partial charge in [0.15, 0.2) is 9.84 Å². The van der Waals surface area contributed by atoms with Crippen molar-refractivity contribution in [2.75, 3.05) is 11.5 Å².